The molecule has 294 valence electrons. The minimum atomic E-state index is -0.000680. The van der Waals surface area contributed by atoms with Gasteiger partial charge in [0, 0.05) is 69.8 Å². The summed E-state index contributed by atoms with van der Waals surface area (Å²) in [6.45, 7) is 7.40. The molecule has 0 aliphatic carbocycles. The van der Waals surface area contributed by atoms with Crippen molar-refractivity contribution in [3.8, 4) is 17.3 Å². The SMILES string of the molecule is CC(C)(C)c1ccnc(-n2c3ccccc3c3ccc(Oc4cccc(N5CN(c6cc7c8c(c6)Sc6cccc9c6N8c6c(cccc6S7)S9)c6ccccc65)c4)cc32)c1. The zero-order chi connectivity index (χ0) is 40.6. The third-order valence-corrected chi connectivity index (χ3v) is 15.4. The van der Waals surface area contributed by atoms with E-state index in [0.717, 1.165) is 34.0 Å². The van der Waals surface area contributed by atoms with Gasteiger partial charge in [-0.05, 0) is 102 Å². The fourth-order valence-electron chi connectivity index (χ4n) is 9.34. The first-order chi connectivity index (χ1) is 29.8. The van der Waals surface area contributed by atoms with E-state index in [1.807, 2.05) is 47.5 Å². The zero-order valence-corrected chi connectivity index (χ0v) is 36.0. The van der Waals surface area contributed by atoms with Crippen LogP contribution in [-0.2, 0) is 5.41 Å². The number of fused-ring (bicyclic) bond motifs is 4. The molecule has 13 rings (SSSR count). The van der Waals surface area contributed by atoms with E-state index in [1.165, 1.54) is 79.8 Å². The van der Waals surface area contributed by atoms with Gasteiger partial charge in [-0.1, -0.05) is 105 Å². The van der Waals surface area contributed by atoms with Gasteiger partial charge < -0.3 is 19.4 Å². The first-order valence-corrected chi connectivity index (χ1v) is 23.0. The Morgan fingerprint density at radius 1 is 0.508 bits per heavy atom. The molecular weight excluding hydrogens is 807 g/mol. The summed E-state index contributed by atoms with van der Waals surface area (Å²) in [7, 11) is 0. The molecule has 7 aromatic carbocycles. The van der Waals surface area contributed by atoms with Gasteiger partial charge in [0.2, 0.25) is 0 Å². The Morgan fingerprint density at radius 3 is 1.80 bits per heavy atom. The molecule has 6 heterocycles. The van der Waals surface area contributed by atoms with Crippen LogP contribution in [0, 0.1) is 0 Å². The van der Waals surface area contributed by atoms with Crippen molar-refractivity contribution in [2.24, 2.45) is 0 Å². The van der Waals surface area contributed by atoms with E-state index in [2.05, 4.69) is 186 Å². The number of para-hydroxylation sites is 5. The van der Waals surface area contributed by atoms with Gasteiger partial charge in [0.05, 0.1) is 39.5 Å². The first-order valence-electron chi connectivity index (χ1n) is 20.5. The lowest BCUT2D eigenvalue weighted by Crippen LogP contribution is -2.25. The molecule has 0 saturated carbocycles. The Balaban J connectivity index is 0.853. The molecule has 0 fully saturated rings. The van der Waals surface area contributed by atoms with Crippen molar-refractivity contribution >= 4 is 96.9 Å². The Hall–Kier alpha value is -6.26. The third-order valence-electron chi connectivity index (χ3n) is 12.2. The van der Waals surface area contributed by atoms with Gasteiger partial charge in [0.25, 0.3) is 0 Å². The minimum Gasteiger partial charge on any atom is -0.457 e. The van der Waals surface area contributed by atoms with Gasteiger partial charge in [-0.2, -0.15) is 0 Å². The number of hydrogen-bond donors (Lipinski definition) is 0. The predicted octanol–water partition coefficient (Wildman–Crippen LogP) is 15.4. The van der Waals surface area contributed by atoms with Crippen LogP contribution in [-0.4, -0.2) is 16.2 Å². The van der Waals surface area contributed by atoms with Crippen LogP contribution in [0.3, 0.4) is 0 Å². The molecule has 0 spiro atoms. The molecule has 6 nitrogen and oxygen atoms in total. The highest BCUT2D eigenvalue weighted by Gasteiger charge is 2.40. The van der Waals surface area contributed by atoms with Gasteiger partial charge in [0.1, 0.15) is 24.0 Å². The average molecular weight is 844 g/mol. The zero-order valence-electron chi connectivity index (χ0n) is 33.6. The summed E-state index contributed by atoms with van der Waals surface area (Å²) in [6.07, 6.45) is 1.92. The molecule has 9 heteroatoms. The lowest BCUT2D eigenvalue weighted by Gasteiger charge is -2.43. The molecule has 0 bridgehead atoms. The maximum absolute atomic E-state index is 6.74. The molecule has 0 saturated heterocycles. The van der Waals surface area contributed by atoms with Crippen molar-refractivity contribution in [2.45, 2.75) is 55.6 Å². The summed E-state index contributed by atoms with van der Waals surface area (Å²) in [5, 5.41) is 2.36. The normalized spacial score (nSPS) is 14.4. The highest BCUT2D eigenvalue weighted by atomic mass is 32.2. The molecular formula is C52H37N5OS3. The van der Waals surface area contributed by atoms with Gasteiger partial charge in [-0.3, -0.25) is 4.57 Å². The highest BCUT2D eigenvalue weighted by Crippen LogP contribution is 2.67. The summed E-state index contributed by atoms with van der Waals surface area (Å²) in [6, 6.07) is 54.8. The van der Waals surface area contributed by atoms with E-state index < -0.39 is 0 Å². The molecule has 0 atom stereocenters. The Labute approximate surface area is 366 Å². The Kier molecular flexibility index (Phi) is 7.63. The lowest BCUT2D eigenvalue weighted by atomic mass is 9.88. The van der Waals surface area contributed by atoms with Crippen LogP contribution in [0.1, 0.15) is 26.3 Å². The monoisotopic (exact) mass is 843 g/mol. The molecule has 0 N–H and O–H groups in total. The standard InChI is InChI=1S/C52H37N5OS3/c1-52(2,3)31-23-24-53-48(25-31)56-38-14-5-4-13-36(38)37-22-21-35(29-41(37)56)58-34-12-8-11-32(26-34)54-30-55(40-16-7-6-15-39(40)54)33-27-46-51-47(28-33)61-45-20-10-18-43-50(45)57(51)49-42(59-43)17-9-19-44(49)60-46/h4-29H,30H2,1-3H3. The van der Waals surface area contributed by atoms with Crippen LogP contribution >= 0.6 is 35.3 Å². The van der Waals surface area contributed by atoms with E-state index in [4.69, 9.17) is 9.72 Å². The average Bonchev–Trinajstić information content (AvgIpc) is 3.82. The molecule has 4 aliphatic heterocycles. The van der Waals surface area contributed by atoms with Crippen molar-refractivity contribution in [1.82, 2.24) is 9.55 Å². The number of benzene rings is 7. The smallest absolute Gasteiger partial charge is 0.137 e. The fraction of sp³-hybridized carbons (Fsp3) is 0.0962. The molecule has 4 aliphatic rings. The molecule has 2 aromatic heterocycles. The van der Waals surface area contributed by atoms with Crippen molar-refractivity contribution in [3.63, 3.8) is 0 Å². The van der Waals surface area contributed by atoms with E-state index in [9.17, 15) is 0 Å². The second-order valence-electron chi connectivity index (χ2n) is 16.9. The van der Waals surface area contributed by atoms with Gasteiger partial charge in [0.15, 0.2) is 0 Å². The second kappa shape index (κ2) is 13.1. The van der Waals surface area contributed by atoms with Crippen molar-refractivity contribution in [3.05, 3.63) is 163 Å². The van der Waals surface area contributed by atoms with Crippen LogP contribution in [0.25, 0.3) is 27.6 Å². The van der Waals surface area contributed by atoms with Gasteiger partial charge >= 0.3 is 0 Å². The second-order valence-corrected chi connectivity index (χ2v) is 20.2. The van der Waals surface area contributed by atoms with E-state index in [-0.39, 0.29) is 5.41 Å². The van der Waals surface area contributed by atoms with Crippen LogP contribution in [0.15, 0.2) is 187 Å². The Morgan fingerprint density at radius 2 is 1.10 bits per heavy atom. The summed E-state index contributed by atoms with van der Waals surface area (Å²) in [4.78, 5) is 20.1. The van der Waals surface area contributed by atoms with E-state index in [1.54, 1.807) is 0 Å². The molecule has 9 aromatic rings. The summed E-state index contributed by atoms with van der Waals surface area (Å²) in [5.41, 5.74) is 12.0. The number of hydrogen-bond acceptors (Lipinski definition) is 8. The summed E-state index contributed by atoms with van der Waals surface area (Å²) < 4.78 is 9.01. The number of nitrogens with zero attached hydrogens (tertiary/aromatic N) is 5. The van der Waals surface area contributed by atoms with Crippen molar-refractivity contribution in [2.75, 3.05) is 21.4 Å². The van der Waals surface area contributed by atoms with Crippen LogP contribution in [0.2, 0.25) is 0 Å². The van der Waals surface area contributed by atoms with E-state index >= 15 is 0 Å². The predicted molar refractivity (Wildman–Crippen MR) is 253 cm³/mol. The highest BCUT2D eigenvalue weighted by molar-refractivity contribution is 8.01. The quantitative estimate of drug-likeness (QED) is 0.170. The maximum atomic E-state index is 6.74. The maximum Gasteiger partial charge on any atom is 0.137 e. The van der Waals surface area contributed by atoms with Gasteiger partial charge in [-0.25, -0.2) is 4.98 Å². The van der Waals surface area contributed by atoms with Crippen LogP contribution in [0.5, 0.6) is 11.5 Å². The number of rotatable bonds is 5. The Bertz CT molecular complexity index is 3260. The van der Waals surface area contributed by atoms with Gasteiger partial charge in [-0.15, -0.1) is 0 Å². The largest absolute Gasteiger partial charge is 0.457 e. The molecule has 0 unspecified atom stereocenters. The first kappa shape index (κ1) is 35.5. The van der Waals surface area contributed by atoms with Crippen LogP contribution in [0.4, 0.5) is 39.8 Å². The topological polar surface area (TPSA) is 36.8 Å². The lowest BCUT2D eigenvalue weighted by molar-refractivity contribution is 0.483. The molecule has 61 heavy (non-hydrogen) atoms. The number of ether oxygens (including phenoxy) is 1. The molecule has 0 radical (unpaired) electrons. The number of pyridine rings is 1. The summed E-state index contributed by atoms with van der Waals surface area (Å²) >= 11 is 5.68. The number of anilines is 7. The third kappa shape index (κ3) is 5.43. The summed E-state index contributed by atoms with van der Waals surface area (Å²) in [5.74, 6) is 2.46. The minimum absolute atomic E-state index is 0.000680. The van der Waals surface area contributed by atoms with Crippen molar-refractivity contribution < 1.29 is 4.74 Å². The fourth-order valence-corrected chi connectivity index (χ4v) is 13.0. The molecule has 0 amide bonds. The van der Waals surface area contributed by atoms with Crippen molar-refractivity contribution in [1.29, 1.82) is 0 Å². The van der Waals surface area contributed by atoms with E-state index in [0.29, 0.717) is 6.67 Å². The number of aromatic nitrogens is 2. The van der Waals surface area contributed by atoms with Crippen LogP contribution < -0.4 is 19.4 Å².